The van der Waals surface area contributed by atoms with E-state index < -0.39 is 0 Å². The third kappa shape index (κ3) is 1.06. The highest BCUT2D eigenvalue weighted by Crippen LogP contribution is 2.26. The van der Waals surface area contributed by atoms with Gasteiger partial charge in [-0.3, -0.25) is 0 Å². The number of hydrogen-bond acceptors (Lipinski definition) is 1. The van der Waals surface area contributed by atoms with E-state index in [0.717, 1.165) is 0 Å². The van der Waals surface area contributed by atoms with E-state index in [1.165, 1.54) is 12.8 Å². The molecule has 1 saturated heterocycles. The first-order valence-corrected chi connectivity index (χ1v) is 3.45. The molecule has 0 radical (unpaired) electrons. The van der Waals surface area contributed by atoms with Crippen molar-refractivity contribution in [3.63, 3.8) is 0 Å². The first kappa shape index (κ1) is 5.24. The van der Waals surface area contributed by atoms with Crippen molar-refractivity contribution in [1.29, 1.82) is 0 Å². The number of epoxide rings is 1. The van der Waals surface area contributed by atoms with Crippen LogP contribution < -0.4 is 0 Å². The molecule has 2 atom stereocenters. The zero-order valence-electron chi connectivity index (χ0n) is 5.29. The van der Waals surface area contributed by atoms with Gasteiger partial charge in [0.05, 0.1) is 0 Å². The van der Waals surface area contributed by atoms with E-state index in [9.17, 15) is 0 Å². The topological polar surface area (TPSA) is 12.5 Å². The molecule has 2 unspecified atom stereocenters. The lowest BCUT2D eigenvalue weighted by molar-refractivity contribution is 0.413. The molecule has 1 fully saturated rings. The van der Waals surface area contributed by atoms with Crippen molar-refractivity contribution in [2.24, 2.45) is 0 Å². The minimum absolute atomic E-state index is 0.418. The van der Waals surface area contributed by atoms with Gasteiger partial charge in [0.15, 0.2) is 0 Å². The van der Waals surface area contributed by atoms with Crippen LogP contribution in [0.5, 0.6) is 0 Å². The Kier molecular flexibility index (Phi) is 1.16. The first-order chi connectivity index (χ1) is 4.47. The zero-order valence-corrected chi connectivity index (χ0v) is 5.29. The first-order valence-electron chi connectivity index (χ1n) is 3.45. The molecule has 0 bridgehead atoms. The van der Waals surface area contributed by atoms with Crippen molar-refractivity contribution in [2.75, 3.05) is 0 Å². The smallest absolute Gasteiger partial charge is 0.106 e. The maximum absolute atomic E-state index is 5.26. The molecule has 9 heavy (non-hydrogen) atoms. The Labute approximate surface area is 55.0 Å². The minimum atomic E-state index is 0.418. The molecule has 0 saturated carbocycles. The molecule has 0 amide bonds. The summed E-state index contributed by atoms with van der Waals surface area (Å²) in [5.41, 5.74) is 0. The zero-order chi connectivity index (χ0) is 6.10. The van der Waals surface area contributed by atoms with E-state index in [-0.39, 0.29) is 0 Å². The minimum Gasteiger partial charge on any atom is -0.361 e. The third-order valence-electron chi connectivity index (χ3n) is 1.71. The quantitative estimate of drug-likeness (QED) is 0.351. The predicted molar refractivity (Wildman–Crippen MR) is 36.2 cm³/mol. The van der Waals surface area contributed by atoms with Crippen molar-refractivity contribution >= 4 is 0 Å². The molecule has 1 aliphatic carbocycles. The maximum atomic E-state index is 5.26. The molecule has 48 valence electrons. The Morgan fingerprint density at radius 2 is 1.56 bits per heavy atom. The van der Waals surface area contributed by atoms with Crippen molar-refractivity contribution in [3.05, 3.63) is 24.3 Å². The number of fused-ring (bicyclic) bond motifs is 1. The molecule has 1 aliphatic heterocycles. The second-order valence-corrected chi connectivity index (χ2v) is 2.50. The molecule has 1 heteroatoms. The van der Waals surface area contributed by atoms with E-state index in [4.69, 9.17) is 4.74 Å². The summed E-state index contributed by atoms with van der Waals surface area (Å²) in [6.45, 7) is 0. The molecule has 0 N–H and O–H groups in total. The lowest BCUT2D eigenvalue weighted by Gasteiger charge is -1.88. The van der Waals surface area contributed by atoms with Gasteiger partial charge in [0.2, 0.25) is 0 Å². The highest BCUT2D eigenvalue weighted by molar-refractivity contribution is 5.13. The molecule has 0 aromatic heterocycles. The summed E-state index contributed by atoms with van der Waals surface area (Å²) < 4.78 is 5.26. The second kappa shape index (κ2) is 1.99. The molecule has 1 heterocycles. The third-order valence-corrected chi connectivity index (χ3v) is 1.71. The molecule has 0 aromatic carbocycles. The lowest BCUT2D eigenvalue weighted by Crippen LogP contribution is -1.86. The Bertz CT molecular complexity index is 140. The van der Waals surface area contributed by atoms with Gasteiger partial charge in [-0.25, -0.2) is 0 Å². The summed E-state index contributed by atoms with van der Waals surface area (Å²) in [5, 5.41) is 0. The van der Waals surface area contributed by atoms with Crippen LogP contribution in [-0.2, 0) is 4.74 Å². The van der Waals surface area contributed by atoms with Gasteiger partial charge in [-0.2, -0.15) is 0 Å². The molecule has 1 nitrogen and oxygen atoms in total. The van der Waals surface area contributed by atoms with Crippen LogP contribution in [0.25, 0.3) is 0 Å². The molecule has 0 aromatic rings. The molecular formula is C8H10O. The highest BCUT2D eigenvalue weighted by atomic mass is 16.6. The molecule has 0 spiro atoms. The number of hydrogen-bond donors (Lipinski definition) is 0. The lowest BCUT2D eigenvalue weighted by atomic mass is 10.1. The van der Waals surface area contributed by atoms with E-state index in [0.29, 0.717) is 12.2 Å². The molecule has 2 aliphatic rings. The average molecular weight is 122 g/mol. The number of ether oxygens (including phenoxy) is 1. The monoisotopic (exact) mass is 122 g/mol. The number of rotatable bonds is 0. The van der Waals surface area contributed by atoms with E-state index in [1.807, 2.05) is 0 Å². The van der Waals surface area contributed by atoms with E-state index in [2.05, 4.69) is 24.3 Å². The highest BCUT2D eigenvalue weighted by Gasteiger charge is 2.33. The van der Waals surface area contributed by atoms with Gasteiger partial charge in [-0.05, 0) is 12.8 Å². The summed E-state index contributed by atoms with van der Waals surface area (Å²) in [5.74, 6) is 0. The SMILES string of the molecule is C1=CC2OC2/C=C\CC1. The molecule has 2 rings (SSSR count). The largest absolute Gasteiger partial charge is 0.361 e. The Morgan fingerprint density at radius 1 is 1.00 bits per heavy atom. The van der Waals surface area contributed by atoms with Gasteiger partial charge in [0.25, 0.3) is 0 Å². The van der Waals surface area contributed by atoms with Crippen molar-refractivity contribution in [3.8, 4) is 0 Å². The fraction of sp³-hybridized carbons (Fsp3) is 0.500. The van der Waals surface area contributed by atoms with Crippen LogP contribution in [-0.4, -0.2) is 12.2 Å². The van der Waals surface area contributed by atoms with Crippen molar-refractivity contribution in [2.45, 2.75) is 25.0 Å². The summed E-state index contributed by atoms with van der Waals surface area (Å²) in [6, 6.07) is 0. The van der Waals surface area contributed by atoms with Gasteiger partial charge in [-0.15, -0.1) is 0 Å². The Morgan fingerprint density at radius 3 is 2.11 bits per heavy atom. The van der Waals surface area contributed by atoms with E-state index >= 15 is 0 Å². The second-order valence-electron chi connectivity index (χ2n) is 2.50. The summed E-state index contributed by atoms with van der Waals surface area (Å²) in [4.78, 5) is 0. The van der Waals surface area contributed by atoms with E-state index in [1.54, 1.807) is 0 Å². The average Bonchev–Trinajstić information content (AvgIpc) is 2.46. The van der Waals surface area contributed by atoms with Crippen LogP contribution in [0.3, 0.4) is 0 Å². The van der Waals surface area contributed by atoms with Crippen molar-refractivity contribution < 1.29 is 4.74 Å². The normalized spacial score (nSPS) is 42.7. The Balaban J connectivity index is 2.05. The fourth-order valence-electron chi connectivity index (χ4n) is 1.10. The maximum Gasteiger partial charge on any atom is 0.106 e. The van der Waals surface area contributed by atoms with Gasteiger partial charge >= 0.3 is 0 Å². The van der Waals surface area contributed by atoms with Gasteiger partial charge in [0, 0.05) is 0 Å². The van der Waals surface area contributed by atoms with Crippen LogP contribution in [0.15, 0.2) is 24.3 Å². The molecular weight excluding hydrogens is 112 g/mol. The van der Waals surface area contributed by atoms with Crippen LogP contribution >= 0.6 is 0 Å². The Hall–Kier alpha value is -0.560. The van der Waals surface area contributed by atoms with Gasteiger partial charge in [-0.1, -0.05) is 24.3 Å². The number of allylic oxidation sites excluding steroid dienone is 2. The van der Waals surface area contributed by atoms with Crippen LogP contribution in [0.4, 0.5) is 0 Å². The van der Waals surface area contributed by atoms with Crippen LogP contribution in [0.2, 0.25) is 0 Å². The van der Waals surface area contributed by atoms with Gasteiger partial charge < -0.3 is 4.74 Å². The fourth-order valence-corrected chi connectivity index (χ4v) is 1.10. The van der Waals surface area contributed by atoms with Gasteiger partial charge in [0.1, 0.15) is 12.2 Å². The van der Waals surface area contributed by atoms with Crippen molar-refractivity contribution in [1.82, 2.24) is 0 Å². The summed E-state index contributed by atoms with van der Waals surface area (Å²) >= 11 is 0. The van der Waals surface area contributed by atoms with Crippen LogP contribution in [0, 0.1) is 0 Å². The summed E-state index contributed by atoms with van der Waals surface area (Å²) in [6.07, 6.45) is 11.9. The predicted octanol–water partition coefficient (Wildman–Crippen LogP) is 1.66. The van der Waals surface area contributed by atoms with Crippen LogP contribution in [0.1, 0.15) is 12.8 Å². The summed E-state index contributed by atoms with van der Waals surface area (Å²) in [7, 11) is 0. The standard InChI is InChI=1S/C8H10O/c1-2-4-6-8-7(9-8)5-3-1/h3-8H,1-2H2/b5-3-,6-4?.